The van der Waals surface area contributed by atoms with Gasteiger partial charge in [-0.1, -0.05) is 20.8 Å². The second-order valence-corrected chi connectivity index (χ2v) is 6.65. The Labute approximate surface area is 112 Å². The summed E-state index contributed by atoms with van der Waals surface area (Å²) < 4.78 is 5.72. The maximum absolute atomic E-state index is 5.72. The molecule has 0 aromatic carbocycles. The van der Waals surface area contributed by atoms with Crippen LogP contribution in [0.1, 0.15) is 46.5 Å². The van der Waals surface area contributed by atoms with Crippen LogP contribution in [0.25, 0.3) is 0 Å². The lowest BCUT2D eigenvalue weighted by Crippen LogP contribution is -2.55. The topological polar surface area (TPSA) is 24.5 Å². The number of hydrogen-bond donors (Lipinski definition) is 1. The molecule has 0 spiro atoms. The predicted molar refractivity (Wildman–Crippen MR) is 75.9 cm³/mol. The molecule has 2 fully saturated rings. The van der Waals surface area contributed by atoms with Crippen molar-refractivity contribution in [2.45, 2.75) is 58.5 Å². The summed E-state index contributed by atoms with van der Waals surface area (Å²) in [6.07, 6.45) is 5.19. The third kappa shape index (κ3) is 3.69. The van der Waals surface area contributed by atoms with Crippen LogP contribution in [0, 0.1) is 5.41 Å². The minimum absolute atomic E-state index is 0.526. The van der Waals surface area contributed by atoms with Gasteiger partial charge in [-0.3, -0.25) is 4.90 Å². The Kier molecular flexibility index (Phi) is 5.05. The number of ether oxygens (including phenoxy) is 1. The summed E-state index contributed by atoms with van der Waals surface area (Å²) in [5.74, 6) is 0. The molecule has 18 heavy (non-hydrogen) atoms. The molecule has 2 heterocycles. The second kappa shape index (κ2) is 6.36. The molecule has 2 unspecified atom stereocenters. The number of nitrogens with zero attached hydrogens (tertiary/aromatic N) is 1. The van der Waals surface area contributed by atoms with E-state index in [1.807, 2.05) is 0 Å². The van der Waals surface area contributed by atoms with E-state index in [0.29, 0.717) is 17.5 Å². The lowest BCUT2D eigenvalue weighted by molar-refractivity contribution is -0.00248. The van der Waals surface area contributed by atoms with Crippen LogP contribution in [-0.2, 0) is 4.74 Å². The van der Waals surface area contributed by atoms with Gasteiger partial charge in [0.25, 0.3) is 0 Å². The Morgan fingerprint density at radius 2 is 2.11 bits per heavy atom. The van der Waals surface area contributed by atoms with Crippen molar-refractivity contribution in [1.82, 2.24) is 10.2 Å². The van der Waals surface area contributed by atoms with E-state index < -0.39 is 0 Å². The molecule has 2 atom stereocenters. The summed E-state index contributed by atoms with van der Waals surface area (Å²) in [5.41, 5.74) is 0.526. The number of hydrogen-bond acceptors (Lipinski definition) is 3. The Morgan fingerprint density at radius 3 is 2.89 bits per heavy atom. The van der Waals surface area contributed by atoms with E-state index in [1.165, 1.54) is 38.8 Å². The van der Waals surface area contributed by atoms with Crippen LogP contribution >= 0.6 is 0 Å². The molecule has 1 N–H and O–H groups in total. The molecule has 3 nitrogen and oxygen atoms in total. The van der Waals surface area contributed by atoms with Crippen LogP contribution in [0.3, 0.4) is 0 Å². The molecule has 2 aliphatic rings. The van der Waals surface area contributed by atoms with E-state index in [2.05, 4.69) is 31.0 Å². The highest BCUT2D eigenvalue weighted by Gasteiger charge is 2.32. The zero-order chi connectivity index (χ0) is 13.0. The van der Waals surface area contributed by atoms with Crippen molar-refractivity contribution < 1.29 is 4.74 Å². The van der Waals surface area contributed by atoms with Gasteiger partial charge in [-0.15, -0.1) is 0 Å². The summed E-state index contributed by atoms with van der Waals surface area (Å²) in [6, 6.07) is 1.22. The summed E-state index contributed by atoms with van der Waals surface area (Å²) in [4.78, 5) is 2.68. The lowest BCUT2D eigenvalue weighted by atomic mass is 9.85. The van der Waals surface area contributed by atoms with E-state index in [9.17, 15) is 0 Å². The second-order valence-electron chi connectivity index (χ2n) is 6.65. The Hall–Kier alpha value is -0.120. The predicted octanol–water partition coefficient (Wildman–Crippen LogP) is 2.27. The van der Waals surface area contributed by atoms with Gasteiger partial charge < -0.3 is 10.1 Å². The van der Waals surface area contributed by atoms with Gasteiger partial charge in [-0.2, -0.15) is 0 Å². The van der Waals surface area contributed by atoms with Crippen molar-refractivity contribution in [3.8, 4) is 0 Å². The molecule has 2 rings (SSSR count). The fourth-order valence-electron chi connectivity index (χ4n) is 3.36. The summed E-state index contributed by atoms with van der Waals surface area (Å²) >= 11 is 0. The summed E-state index contributed by atoms with van der Waals surface area (Å²) in [7, 11) is 0. The normalized spacial score (nSPS) is 34.2. The van der Waals surface area contributed by atoms with E-state index in [4.69, 9.17) is 4.74 Å². The zero-order valence-corrected chi connectivity index (χ0v) is 12.4. The molecule has 0 aromatic heterocycles. The molecule has 0 aromatic rings. The molecule has 106 valence electrons. The van der Waals surface area contributed by atoms with E-state index in [1.54, 1.807) is 0 Å². The van der Waals surface area contributed by atoms with Gasteiger partial charge in [0.1, 0.15) is 0 Å². The van der Waals surface area contributed by atoms with Gasteiger partial charge in [0.2, 0.25) is 0 Å². The first-order chi connectivity index (χ1) is 8.62. The van der Waals surface area contributed by atoms with Crippen molar-refractivity contribution in [1.29, 1.82) is 0 Å². The van der Waals surface area contributed by atoms with Crippen LogP contribution in [0.15, 0.2) is 0 Å². The first kappa shape index (κ1) is 14.3. The SMILES string of the molecule is CCNC1CCOCC1N1CCCC(C)(C)CC1. The van der Waals surface area contributed by atoms with Gasteiger partial charge >= 0.3 is 0 Å². The number of rotatable bonds is 3. The minimum atomic E-state index is 0.526. The largest absolute Gasteiger partial charge is 0.380 e. The van der Waals surface area contributed by atoms with Gasteiger partial charge in [-0.05, 0) is 50.7 Å². The molecule has 3 heteroatoms. The average Bonchev–Trinajstić information content (AvgIpc) is 2.52. The average molecular weight is 254 g/mol. The molecular formula is C15H30N2O. The van der Waals surface area contributed by atoms with E-state index in [0.717, 1.165) is 19.8 Å². The first-order valence-corrected chi connectivity index (χ1v) is 7.67. The smallest absolute Gasteiger partial charge is 0.0637 e. The van der Waals surface area contributed by atoms with Gasteiger partial charge in [0, 0.05) is 18.7 Å². The minimum Gasteiger partial charge on any atom is -0.380 e. The van der Waals surface area contributed by atoms with Gasteiger partial charge in [0.05, 0.1) is 6.61 Å². The number of likely N-dealkylation sites (tertiary alicyclic amines) is 1. The number of likely N-dealkylation sites (N-methyl/N-ethyl adjacent to an activating group) is 1. The van der Waals surface area contributed by atoms with Crippen LogP contribution in [0.4, 0.5) is 0 Å². The highest BCUT2D eigenvalue weighted by molar-refractivity contribution is 4.89. The third-order valence-electron chi connectivity index (χ3n) is 4.64. The van der Waals surface area contributed by atoms with Crippen molar-refractivity contribution >= 4 is 0 Å². The molecule has 0 amide bonds. The molecule has 0 saturated carbocycles. The molecule has 0 aliphatic carbocycles. The maximum atomic E-state index is 5.72. The van der Waals surface area contributed by atoms with Crippen molar-refractivity contribution in [3.63, 3.8) is 0 Å². The monoisotopic (exact) mass is 254 g/mol. The van der Waals surface area contributed by atoms with Crippen LogP contribution < -0.4 is 5.32 Å². The van der Waals surface area contributed by atoms with Gasteiger partial charge in [0.15, 0.2) is 0 Å². The fraction of sp³-hybridized carbons (Fsp3) is 1.00. The third-order valence-corrected chi connectivity index (χ3v) is 4.64. The van der Waals surface area contributed by atoms with Crippen molar-refractivity contribution in [3.05, 3.63) is 0 Å². The summed E-state index contributed by atoms with van der Waals surface area (Å²) in [5, 5.41) is 3.65. The maximum Gasteiger partial charge on any atom is 0.0637 e. The quantitative estimate of drug-likeness (QED) is 0.836. The van der Waals surface area contributed by atoms with Crippen LogP contribution in [0.5, 0.6) is 0 Å². The molecule has 0 radical (unpaired) electrons. The molecular weight excluding hydrogens is 224 g/mol. The standard InChI is InChI=1S/C15H30N2O/c1-4-16-13-6-11-18-12-14(13)17-9-5-7-15(2,3)8-10-17/h13-14,16H,4-12H2,1-3H3. The Balaban J connectivity index is 1.95. The van der Waals surface area contributed by atoms with E-state index >= 15 is 0 Å². The molecule has 2 saturated heterocycles. The summed E-state index contributed by atoms with van der Waals surface area (Å²) in [6.45, 7) is 12.4. The Bertz CT molecular complexity index is 253. The van der Waals surface area contributed by atoms with Crippen molar-refractivity contribution in [2.24, 2.45) is 5.41 Å². The first-order valence-electron chi connectivity index (χ1n) is 7.67. The molecule has 0 bridgehead atoms. The molecule has 2 aliphatic heterocycles. The number of nitrogens with one attached hydrogen (secondary N) is 1. The Morgan fingerprint density at radius 1 is 1.28 bits per heavy atom. The van der Waals surface area contributed by atoms with Crippen LogP contribution in [-0.4, -0.2) is 49.8 Å². The van der Waals surface area contributed by atoms with Gasteiger partial charge in [-0.25, -0.2) is 0 Å². The highest BCUT2D eigenvalue weighted by atomic mass is 16.5. The lowest BCUT2D eigenvalue weighted by Gasteiger charge is -2.40. The zero-order valence-electron chi connectivity index (χ0n) is 12.4. The fourth-order valence-corrected chi connectivity index (χ4v) is 3.36. The van der Waals surface area contributed by atoms with E-state index in [-0.39, 0.29) is 0 Å². The van der Waals surface area contributed by atoms with Crippen LogP contribution in [0.2, 0.25) is 0 Å². The highest BCUT2D eigenvalue weighted by Crippen LogP contribution is 2.31. The van der Waals surface area contributed by atoms with Crippen molar-refractivity contribution in [2.75, 3.05) is 32.8 Å².